The van der Waals surface area contributed by atoms with Gasteiger partial charge in [-0.25, -0.2) is 0 Å². The lowest BCUT2D eigenvalue weighted by molar-refractivity contribution is 0.177. The standard InChI is InChI=1S/C9H16O/c1-4-6-9(10)7-8(3)5-2/h4,9-10H,1,3,5-7H2,2H3. The Balaban J connectivity index is 3.46. The number of aliphatic hydroxyl groups is 1. The van der Waals surface area contributed by atoms with E-state index in [0.717, 1.165) is 12.0 Å². The van der Waals surface area contributed by atoms with Crippen molar-refractivity contribution in [2.75, 3.05) is 0 Å². The van der Waals surface area contributed by atoms with E-state index in [9.17, 15) is 5.11 Å². The number of aliphatic hydroxyl groups excluding tert-OH is 1. The third-order valence-corrected chi connectivity index (χ3v) is 1.46. The van der Waals surface area contributed by atoms with Crippen molar-refractivity contribution in [3.8, 4) is 0 Å². The second kappa shape index (κ2) is 5.24. The predicted octanol–water partition coefficient (Wildman–Crippen LogP) is 2.28. The zero-order valence-electron chi connectivity index (χ0n) is 6.64. The minimum absolute atomic E-state index is 0.273. The van der Waals surface area contributed by atoms with Gasteiger partial charge in [0.25, 0.3) is 0 Å². The van der Waals surface area contributed by atoms with Gasteiger partial charge in [-0.2, -0.15) is 0 Å². The van der Waals surface area contributed by atoms with Crippen molar-refractivity contribution < 1.29 is 5.11 Å². The summed E-state index contributed by atoms with van der Waals surface area (Å²) in [4.78, 5) is 0. The van der Waals surface area contributed by atoms with Gasteiger partial charge in [-0.1, -0.05) is 25.2 Å². The van der Waals surface area contributed by atoms with Gasteiger partial charge in [0, 0.05) is 0 Å². The Labute approximate surface area is 63.1 Å². The quantitative estimate of drug-likeness (QED) is 0.581. The molecule has 0 aliphatic heterocycles. The second-order valence-electron chi connectivity index (χ2n) is 2.49. The first-order valence-electron chi connectivity index (χ1n) is 3.66. The first kappa shape index (κ1) is 9.44. The summed E-state index contributed by atoms with van der Waals surface area (Å²) in [5, 5.41) is 9.22. The van der Waals surface area contributed by atoms with Gasteiger partial charge in [-0.15, -0.1) is 6.58 Å². The highest BCUT2D eigenvalue weighted by atomic mass is 16.3. The summed E-state index contributed by atoms with van der Waals surface area (Å²) >= 11 is 0. The van der Waals surface area contributed by atoms with E-state index in [1.807, 2.05) is 6.92 Å². The Morgan fingerprint density at radius 3 is 2.70 bits per heavy atom. The van der Waals surface area contributed by atoms with E-state index in [-0.39, 0.29) is 6.10 Å². The van der Waals surface area contributed by atoms with Crippen LogP contribution in [-0.4, -0.2) is 11.2 Å². The molecule has 0 aromatic rings. The van der Waals surface area contributed by atoms with Crippen molar-refractivity contribution in [3.63, 3.8) is 0 Å². The number of hydrogen-bond donors (Lipinski definition) is 1. The van der Waals surface area contributed by atoms with E-state index in [0.29, 0.717) is 12.8 Å². The molecule has 0 bridgehead atoms. The van der Waals surface area contributed by atoms with Crippen molar-refractivity contribution in [1.29, 1.82) is 0 Å². The Kier molecular flexibility index (Phi) is 4.95. The van der Waals surface area contributed by atoms with Crippen molar-refractivity contribution in [1.82, 2.24) is 0 Å². The molecule has 0 saturated carbocycles. The molecule has 1 nitrogen and oxygen atoms in total. The average Bonchev–Trinajstić information content (AvgIpc) is 1.88. The summed E-state index contributed by atoms with van der Waals surface area (Å²) in [7, 11) is 0. The van der Waals surface area contributed by atoms with Crippen LogP contribution in [0.1, 0.15) is 26.2 Å². The lowest BCUT2D eigenvalue weighted by Gasteiger charge is -2.07. The average molecular weight is 140 g/mol. The molecule has 0 aliphatic rings. The van der Waals surface area contributed by atoms with Crippen LogP contribution in [0.3, 0.4) is 0 Å². The molecule has 0 rings (SSSR count). The molecular formula is C9H16O. The summed E-state index contributed by atoms with van der Waals surface area (Å²) in [5.41, 5.74) is 1.11. The maximum absolute atomic E-state index is 9.22. The van der Waals surface area contributed by atoms with Crippen LogP contribution in [0.5, 0.6) is 0 Å². The zero-order valence-corrected chi connectivity index (χ0v) is 6.64. The van der Waals surface area contributed by atoms with Crippen LogP contribution in [0.25, 0.3) is 0 Å². The van der Waals surface area contributed by atoms with Crippen LogP contribution in [-0.2, 0) is 0 Å². The van der Waals surface area contributed by atoms with Crippen molar-refractivity contribution in [2.24, 2.45) is 0 Å². The molecule has 0 aromatic carbocycles. The maximum Gasteiger partial charge on any atom is 0.0611 e. The third-order valence-electron chi connectivity index (χ3n) is 1.46. The van der Waals surface area contributed by atoms with Gasteiger partial charge in [0.15, 0.2) is 0 Å². The predicted molar refractivity (Wildman–Crippen MR) is 44.9 cm³/mol. The van der Waals surface area contributed by atoms with Gasteiger partial charge in [-0.05, 0) is 19.3 Å². The monoisotopic (exact) mass is 140 g/mol. The summed E-state index contributed by atoms with van der Waals surface area (Å²) < 4.78 is 0. The maximum atomic E-state index is 9.22. The molecule has 58 valence electrons. The van der Waals surface area contributed by atoms with Crippen LogP contribution in [0, 0.1) is 0 Å². The van der Waals surface area contributed by atoms with E-state index in [4.69, 9.17) is 0 Å². The molecule has 1 atom stereocenters. The smallest absolute Gasteiger partial charge is 0.0611 e. The third kappa shape index (κ3) is 4.33. The highest BCUT2D eigenvalue weighted by Gasteiger charge is 2.01. The van der Waals surface area contributed by atoms with Crippen molar-refractivity contribution in [2.45, 2.75) is 32.3 Å². The zero-order chi connectivity index (χ0) is 7.98. The second-order valence-corrected chi connectivity index (χ2v) is 2.49. The lowest BCUT2D eigenvalue weighted by Crippen LogP contribution is -2.05. The summed E-state index contributed by atoms with van der Waals surface area (Å²) in [6.45, 7) is 9.39. The molecule has 0 aliphatic carbocycles. The Bertz CT molecular complexity index is 116. The molecule has 10 heavy (non-hydrogen) atoms. The Morgan fingerprint density at radius 1 is 1.70 bits per heavy atom. The fraction of sp³-hybridized carbons (Fsp3) is 0.556. The van der Waals surface area contributed by atoms with E-state index < -0.39 is 0 Å². The van der Waals surface area contributed by atoms with Gasteiger partial charge in [0.05, 0.1) is 6.10 Å². The van der Waals surface area contributed by atoms with Gasteiger partial charge >= 0.3 is 0 Å². The molecule has 1 unspecified atom stereocenters. The van der Waals surface area contributed by atoms with Gasteiger partial charge < -0.3 is 5.11 Å². The first-order valence-corrected chi connectivity index (χ1v) is 3.66. The molecule has 0 radical (unpaired) electrons. The minimum atomic E-state index is -0.273. The Hall–Kier alpha value is -0.560. The van der Waals surface area contributed by atoms with Gasteiger partial charge in [-0.3, -0.25) is 0 Å². The Morgan fingerprint density at radius 2 is 2.30 bits per heavy atom. The molecule has 0 aromatic heterocycles. The molecule has 1 N–H and O–H groups in total. The first-order chi connectivity index (χ1) is 4.70. The van der Waals surface area contributed by atoms with Gasteiger partial charge in [0.2, 0.25) is 0 Å². The largest absolute Gasteiger partial charge is 0.392 e. The SMILES string of the molecule is C=CCC(O)CC(=C)CC. The van der Waals surface area contributed by atoms with Crippen LogP contribution in [0.4, 0.5) is 0 Å². The summed E-state index contributed by atoms with van der Waals surface area (Å²) in [6.07, 6.45) is 3.79. The highest BCUT2D eigenvalue weighted by molar-refractivity contribution is 4.95. The molecule has 0 heterocycles. The highest BCUT2D eigenvalue weighted by Crippen LogP contribution is 2.09. The fourth-order valence-corrected chi connectivity index (χ4v) is 0.753. The van der Waals surface area contributed by atoms with E-state index in [1.165, 1.54) is 0 Å². The van der Waals surface area contributed by atoms with Crippen LogP contribution >= 0.6 is 0 Å². The molecule has 1 heteroatoms. The number of hydrogen-bond acceptors (Lipinski definition) is 1. The van der Waals surface area contributed by atoms with E-state index in [1.54, 1.807) is 6.08 Å². The molecule has 0 saturated heterocycles. The molecule has 0 amide bonds. The topological polar surface area (TPSA) is 20.2 Å². The van der Waals surface area contributed by atoms with E-state index in [2.05, 4.69) is 13.2 Å². The minimum Gasteiger partial charge on any atom is -0.392 e. The van der Waals surface area contributed by atoms with Crippen molar-refractivity contribution in [3.05, 3.63) is 24.8 Å². The lowest BCUT2D eigenvalue weighted by atomic mass is 10.1. The fourth-order valence-electron chi connectivity index (χ4n) is 0.753. The molecule has 0 spiro atoms. The normalized spacial score (nSPS) is 12.6. The van der Waals surface area contributed by atoms with Crippen molar-refractivity contribution >= 4 is 0 Å². The summed E-state index contributed by atoms with van der Waals surface area (Å²) in [6, 6.07) is 0. The van der Waals surface area contributed by atoms with Gasteiger partial charge in [0.1, 0.15) is 0 Å². The van der Waals surface area contributed by atoms with Crippen LogP contribution in [0.2, 0.25) is 0 Å². The van der Waals surface area contributed by atoms with E-state index >= 15 is 0 Å². The molecular weight excluding hydrogens is 124 g/mol. The summed E-state index contributed by atoms with van der Waals surface area (Å²) in [5.74, 6) is 0. The van der Waals surface area contributed by atoms with Crippen LogP contribution in [0.15, 0.2) is 24.8 Å². The molecule has 0 fully saturated rings. The number of rotatable bonds is 5. The van der Waals surface area contributed by atoms with Crippen LogP contribution < -0.4 is 0 Å².